The zero-order chi connectivity index (χ0) is 44.6. The van der Waals surface area contributed by atoms with E-state index in [2.05, 4.69) is 15.0 Å². The van der Waals surface area contributed by atoms with Crippen LogP contribution in [0.15, 0.2) is 59.8 Å². The number of fused-ring (bicyclic) bond motifs is 2. The third kappa shape index (κ3) is 9.84. The van der Waals surface area contributed by atoms with Crippen molar-refractivity contribution in [2.75, 3.05) is 60.3 Å². The summed E-state index contributed by atoms with van der Waals surface area (Å²) in [7, 11) is 1.24. The quantitative estimate of drug-likeness (QED) is 0.0729. The molecule has 2 aromatic heterocycles. The molecule has 2 saturated heterocycles. The lowest BCUT2D eigenvalue weighted by molar-refractivity contribution is -0.136. The molecule has 2 aromatic carbocycles. The monoisotopic (exact) mass is 876 g/mol. The minimum Gasteiger partial charge on any atom is -0.496 e. The van der Waals surface area contributed by atoms with E-state index in [9.17, 15) is 32.4 Å². The van der Waals surface area contributed by atoms with Crippen molar-refractivity contribution in [3.63, 3.8) is 0 Å². The largest absolute Gasteiger partial charge is 0.496 e. The molecule has 62 heavy (non-hydrogen) atoms. The van der Waals surface area contributed by atoms with Crippen LogP contribution < -0.4 is 25.1 Å². The zero-order valence-corrected chi connectivity index (χ0v) is 35.3. The summed E-state index contributed by atoms with van der Waals surface area (Å²) in [6.07, 6.45) is 6.15. The maximum absolute atomic E-state index is 13.3. The fraction of sp³-hybridized carbons (Fsp3) is 0.405. The summed E-state index contributed by atoms with van der Waals surface area (Å²) >= 11 is 0. The van der Waals surface area contributed by atoms with Crippen LogP contribution in [0.25, 0.3) is 21.9 Å². The molecule has 20 heteroatoms. The third-order valence-electron chi connectivity index (χ3n) is 10.9. The topological polar surface area (TPSA) is 242 Å². The number of likely N-dealkylation sites (tertiary alicyclic amines) is 1. The number of benzene rings is 2. The zero-order valence-electron chi connectivity index (χ0n) is 34.5. The Hall–Kier alpha value is -6.06. The molecule has 0 spiro atoms. The van der Waals surface area contributed by atoms with E-state index in [0.29, 0.717) is 61.5 Å². The molecule has 0 radical (unpaired) electrons. The number of aryl methyl sites for hydroxylation is 2. The first-order valence-corrected chi connectivity index (χ1v) is 21.3. The molecular formula is C42H48N6O13S. The number of carbonyl (C=O) groups is 5. The summed E-state index contributed by atoms with van der Waals surface area (Å²) < 4.78 is 53.0. The minimum absolute atomic E-state index is 0.0538. The van der Waals surface area contributed by atoms with Crippen LogP contribution in [0.5, 0.6) is 11.5 Å². The molecule has 3 N–H and O–H groups in total. The number of amides is 4. The smallest absolute Gasteiger partial charge is 0.290 e. The van der Waals surface area contributed by atoms with Crippen LogP contribution >= 0.6 is 0 Å². The molecule has 330 valence electrons. The summed E-state index contributed by atoms with van der Waals surface area (Å²) in [5.74, 6) is -0.998. The Bertz CT molecular complexity index is 2500. The van der Waals surface area contributed by atoms with Gasteiger partial charge in [0.25, 0.3) is 23.8 Å². The van der Waals surface area contributed by atoms with E-state index in [0.717, 1.165) is 27.0 Å². The second-order valence-electron chi connectivity index (χ2n) is 14.7. The molecule has 5 heterocycles. The molecule has 1 unspecified atom stereocenters. The van der Waals surface area contributed by atoms with Crippen molar-refractivity contribution in [3.05, 3.63) is 87.6 Å². The van der Waals surface area contributed by atoms with Gasteiger partial charge in [0.1, 0.15) is 22.8 Å². The summed E-state index contributed by atoms with van der Waals surface area (Å²) in [4.78, 5) is 78.4. The number of hydrogen-bond donors (Lipinski definition) is 3. The number of carbonyl (C=O) groups excluding carboxylic acids is 4. The van der Waals surface area contributed by atoms with Gasteiger partial charge in [-0.1, -0.05) is 12.1 Å². The molecule has 7 rings (SSSR count). The van der Waals surface area contributed by atoms with Gasteiger partial charge >= 0.3 is 0 Å². The van der Waals surface area contributed by atoms with Gasteiger partial charge in [-0.15, -0.1) is 0 Å². The summed E-state index contributed by atoms with van der Waals surface area (Å²) in [6.45, 7) is 1.99. The fourth-order valence-electron chi connectivity index (χ4n) is 7.76. The molecule has 3 aliphatic heterocycles. The number of nitrogens with one attached hydrogen (secondary N) is 2. The number of sulfonamides is 1. The predicted molar refractivity (Wildman–Crippen MR) is 223 cm³/mol. The van der Waals surface area contributed by atoms with Gasteiger partial charge in [0.15, 0.2) is 0 Å². The first kappa shape index (κ1) is 45.5. The van der Waals surface area contributed by atoms with Crippen LogP contribution in [0.1, 0.15) is 51.1 Å². The van der Waals surface area contributed by atoms with Crippen LogP contribution in [-0.2, 0) is 53.9 Å². The summed E-state index contributed by atoms with van der Waals surface area (Å²) in [5.41, 5.74) is 3.44. The molecule has 2 fully saturated rings. The van der Waals surface area contributed by atoms with E-state index in [4.69, 9.17) is 28.8 Å². The molecule has 19 nitrogen and oxygen atoms in total. The Morgan fingerprint density at radius 1 is 0.935 bits per heavy atom. The lowest BCUT2D eigenvalue weighted by atomic mass is 9.98. The number of imide groups is 2. The highest BCUT2D eigenvalue weighted by Crippen LogP contribution is 2.38. The van der Waals surface area contributed by atoms with E-state index in [1.807, 2.05) is 17.0 Å². The van der Waals surface area contributed by atoms with Gasteiger partial charge in [0.05, 0.1) is 56.1 Å². The van der Waals surface area contributed by atoms with Crippen LogP contribution in [-0.4, -0.2) is 135 Å². The van der Waals surface area contributed by atoms with Crippen LogP contribution in [0.3, 0.4) is 0 Å². The highest BCUT2D eigenvalue weighted by Gasteiger charge is 2.45. The average molecular weight is 877 g/mol. The highest BCUT2D eigenvalue weighted by molar-refractivity contribution is 7.90. The van der Waals surface area contributed by atoms with E-state index < -0.39 is 44.9 Å². The van der Waals surface area contributed by atoms with E-state index in [1.165, 1.54) is 4.57 Å². The number of hydrogen-bond acceptors (Lipinski definition) is 14. The van der Waals surface area contributed by atoms with Gasteiger partial charge in [0.2, 0.25) is 21.8 Å². The average Bonchev–Trinajstić information content (AvgIpc) is 3.49. The lowest BCUT2D eigenvalue weighted by Crippen LogP contribution is -2.57. The van der Waals surface area contributed by atoms with Crippen molar-refractivity contribution < 1.29 is 56.4 Å². The Balaban J connectivity index is 0.00000208. The van der Waals surface area contributed by atoms with Crippen molar-refractivity contribution in [2.24, 2.45) is 7.05 Å². The Kier molecular flexibility index (Phi) is 14.8. The van der Waals surface area contributed by atoms with Crippen LogP contribution in [0.4, 0.5) is 0 Å². The number of piperidine rings is 1. The lowest BCUT2D eigenvalue weighted by Gasteiger charge is -2.39. The van der Waals surface area contributed by atoms with Gasteiger partial charge in [-0.2, -0.15) is 0 Å². The highest BCUT2D eigenvalue weighted by atomic mass is 32.2. The normalized spacial score (nSPS) is 16.7. The molecule has 3 aliphatic rings. The maximum Gasteiger partial charge on any atom is 0.290 e. The third-order valence-corrected chi connectivity index (χ3v) is 12.6. The number of methoxy groups -OCH3 is 2. The van der Waals surface area contributed by atoms with Crippen molar-refractivity contribution in [1.82, 2.24) is 29.4 Å². The molecule has 0 aliphatic carbocycles. The van der Waals surface area contributed by atoms with Crippen molar-refractivity contribution in [2.45, 2.75) is 43.5 Å². The molecule has 0 bridgehead atoms. The summed E-state index contributed by atoms with van der Waals surface area (Å²) in [6, 6.07) is 9.60. The number of ether oxygens (including phenoxy) is 4. The van der Waals surface area contributed by atoms with Crippen molar-refractivity contribution in [3.8, 4) is 22.6 Å². The first-order valence-electron chi connectivity index (χ1n) is 19.8. The van der Waals surface area contributed by atoms with Crippen molar-refractivity contribution >= 4 is 50.9 Å². The van der Waals surface area contributed by atoms with E-state index >= 15 is 0 Å². The van der Waals surface area contributed by atoms with Crippen LogP contribution in [0, 0.1) is 0 Å². The van der Waals surface area contributed by atoms with E-state index in [-0.39, 0.29) is 62.4 Å². The van der Waals surface area contributed by atoms with Gasteiger partial charge in [-0.05, 0) is 60.0 Å². The molecule has 0 saturated carbocycles. The number of nitrogens with zero attached hydrogens (tertiary/aromatic N) is 4. The molecule has 1 atom stereocenters. The Labute approximate surface area is 356 Å². The maximum atomic E-state index is 13.3. The SMILES string of the molecule is COc1cc(-c2cn(C)c(=O)c3cnccc23)cc(OC)c1CN1CC(S(=O)(=O)NCCOCCOCCCc2cccc3c2C(=O)N(C2CCC(=O)NC2=O)C3=O)C1.O=CO. The number of aromatic nitrogens is 2. The minimum atomic E-state index is -3.59. The standard InChI is InChI=1S/C41H46N6O11S.CH2O2/c1-45-23-31(28-11-12-42-20-30(28)39(45)50)26-18-34(55-2)32(35(19-26)56-3)24-46-21-27(22-46)59(53,54)43-13-15-58-17-16-57-14-5-7-25-6-4-8-29-37(25)41(52)47(40(29)51)33-9-10-36(48)44-38(33)49;2-1-3/h4,6,8,11-12,18-20,23,27,33,43H,5,7,9-10,13-17,21-22,24H2,1-3H3,(H,44,48,49);1H,(H,2,3). The van der Waals surface area contributed by atoms with Crippen molar-refractivity contribution in [1.29, 1.82) is 0 Å². The number of rotatable bonds is 18. The van der Waals surface area contributed by atoms with Gasteiger partial charge in [0, 0.05) is 70.4 Å². The van der Waals surface area contributed by atoms with Gasteiger partial charge < -0.3 is 28.6 Å². The Morgan fingerprint density at radius 2 is 1.63 bits per heavy atom. The predicted octanol–water partition coefficient (Wildman–Crippen LogP) is 1.49. The second kappa shape index (κ2) is 20.2. The van der Waals surface area contributed by atoms with Gasteiger partial charge in [-0.3, -0.25) is 48.9 Å². The number of pyridine rings is 2. The molecule has 4 aromatic rings. The summed E-state index contributed by atoms with van der Waals surface area (Å²) in [5, 5.41) is 9.75. The number of carboxylic acid groups (broad SMARTS) is 1. The Morgan fingerprint density at radius 3 is 2.31 bits per heavy atom. The van der Waals surface area contributed by atoms with Crippen LogP contribution in [0.2, 0.25) is 0 Å². The molecule has 4 amide bonds. The molecular weight excluding hydrogens is 829 g/mol. The first-order chi connectivity index (χ1) is 29.8. The van der Waals surface area contributed by atoms with Gasteiger partial charge in [-0.25, -0.2) is 13.1 Å². The van der Waals surface area contributed by atoms with E-state index in [1.54, 1.807) is 64.1 Å². The second-order valence-corrected chi connectivity index (χ2v) is 16.8. The fourth-order valence-corrected chi connectivity index (χ4v) is 9.18.